The van der Waals surface area contributed by atoms with E-state index in [1.165, 1.54) is 7.11 Å². The Labute approximate surface area is 119 Å². The highest BCUT2D eigenvalue weighted by Gasteiger charge is 2.47. The van der Waals surface area contributed by atoms with E-state index in [0.29, 0.717) is 22.1 Å². The molecule has 0 saturated carbocycles. The Hall–Kier alpha value is -2.37. The number of hydrogen-bond donors (Lipinski definition) is 1. The minimum Gasteiger partial charge on any atom is -0.496 e. The maximum Gasteiger partial charge on any atom is 0.408 e. The van der Waals surface area contributed by atoms with Gasteiger partial charge in [-0.25, -0.2) is 13.6 Å². The zero-order chi connectivity index (χ0) is 15.0. The molecule has 2 aromatic carbocycles. The van der Waals surface area contributed by atoms with E-state index in [0.717, 1.165) is 0 Å². The maximum absolute atomic E-state index is 14.1. The van der Waals surface area contributed by atoms with Gasteiger partial charge in [0.1, 0.15) is 11.8 Å². The fraction of sp³-hybridized carbons (Fsp3) is 0.267. The van der Waals surface area contributed by atoms with E-state index in [-0.39, 0.29) is 0 Å². The first kappa shape index (κ1) is 13.6. The number of benzene rings is 2. The Morgan fingerprint density at radius 2 is 1.95 bits per heavy atom. The van der Waals surface area contributed by atoms with Crippen molar-refractivity contribution in [1.82, 2.24) is 5.32 Å². The fourth-order valence-corrected chi connectivity index (χ4v) is 2.54. The number of amides is 1. The van der Waals surface area contributed by atoms with Crippen LogP contribution in [0.2, 0.25) is 0 Å². The van der Waals surface area contributed by atoms with Crippen LogP contribution in [0.5, 0.6) is 5.75 Å². The monoisotopic (exact) mass is 293 g/mol. The van der Waals surface area contributed by atoms with Gasteiger partial charge in [-0.3, -0.25) is 0 Å². The predicted molar refractivity (Wildman–Crippen MR) is 72.7 cm³/mol. The smallest absolute Gasteiger partial charge is 0.408 e. The lowest BCUT2D eigenvalue weighted by Crippen LogP contribution is -2.49. The Kier molecular flexibility index (Phi) is 3.16. The van der Waals surface area contributed by atoms with Gasteiger partial charge in [-0.05, 0) is 17.0 Å². The van der Waals surface area contributed by atoms with E-state index in [4.69, 9.17) is 4.74 Å². The molecule has 0 aromatic heterocycles. The summed E-state index contributed by atoms with van der Waals surface area (Å²) >= 11 is 0. The molecule has 21 heavy (non-hydrogen) atoms. The maximum atomic E-state index is 14.1. The molecule has 1 N–H and O–H groups in total. The number of alkyl carbamates (subject to hydrolysis) is 1. The van der Waals surface area contributed by atoms with Gasteiger partial charge < -0.3 is 14.8 Å². The molecule has 3 rings (SSSR count). The number of methoxy groups -OCH3 is 1. The van der Waals surface area contributed by atoms with Crippen LogP contribution in [0.4, 0.5) is 13.6 Å². The number of ether oxygens (including phenoxy) is 2. The molecule has 1 heterocycles. The molecule has 0 aliphatic carbocycles. The van der Waals surface area contributed by atoms with Crippen LogP contribution < -0.4 is 10.1 Å². The summed E-state index contributed by atoms with van der Waals surface area (Å²) in [6.07, 6.45) is -0.842. The molecule has 0 radical (unpaired) electrons. The standard InChI is InChI=1S/C15H13F2NO3/c1-20-12-7-6-11(9-4-2-3-5-10(9)12)13-15(16,17)8-21-14(19)18-13/h2-7,13H,8H2,1H3,(H,18,19)/t13-/m1/s1. The molecule has 110 valence electrons. The van der Waals surface area contributed by atoms with E-state index >= 15 is 0 Å². The van der Waals surface area contributed by atoms with Crippen molar-refractivity contribution in [3.05, 3.63) is 42.0 Å². The van der Waals surface area contributed by atoms with Crippen molar-refractivity contribution in [3.63, 3.8) is 0 Å². The van der Waals surface area contributed by atoms with Gasteiger partial charge in [-0.2, -0.15) is 0 Å². The SMILES string of the molecule is COc1ccc([C@H]2NC(=O)OCC2(F)F)c2ccccc12. The molecule has 1 aliphatic heterocycles. The van der Waals surface area contributed by atoms with Gasteiger partial charge in [-0.1, -0.05) is 30.3 Å². The van der Waals surface area contributed by atoms with Gasteiger partial charge >= 0.3 is 12.0 Å². The summed E-state index contributed by atoms with van der Waals surface area (Å²) in [5.74, 6) is -2.58. The summed E-state index contributed by atoms with van der Waals surface area (Å²) in [7, 11) is 1.52. The zero-order valence-corrected chi connectivity index (χ0v) is 11.2. The summed E-state index contributed by atoms with van der Waals surface area (Å²) in [4.78, 5) is 11.3. The van der Waals surface area contributed by atoms with Crippen LogP contribution in [0.3, 0.4) is 0 Å². The van der Waals surface area contributed by atoms with Crippen LogP contribution >= 0.6 is 0 Å². The van der Waals surface area contributed by atoms with Crippen LogP contribution in [-0.2, 0) is 4.74 Å². The number of cyclic esters (lactones) is 1. The van der Waals surface area contributed by atoms with Crippen molar-refractivity contribution >= 4 is 16.9 Å². The first-order valence-corrected chi connectivity index (χ1v) is 6.39. The third-order valence-corrected chi connectivity index (χ3v) is 3.53. The Bertz CT molecular complexity index is 702. The predicted octanol–water partition coefficient (Wildman–Crippen LogP) is 3.26. The number of halogens is 2. The number of carbonyl (C=O) groups excluding carboxylic acids is 1. The second kappa shape index (κ2) is 4.87. The molecule has 4 nitrogen and oxygen atoms in total. The molecule has 1 aliphatic rings. The number of fused-ring (bicyclic) bond motifs is 1. The second-order valence-electron chi connectivity index (χ2n) is 4.82. The molecule has 2 aromatic rings. The molecular formula is C15H13F2NO3. The largest absolute Gasteiger partial charge is 0.496 e. The highest BCUT2D eigenvalue weighted by molar-refractivity contribution is 5.92. The van der Waals surface area contributed by atoms with Gasteiger partial charge in [0.05, 0.1) is 7.11 Å². The molecule has 1 atom stereocenters. The van der Waals surface area contributed by atoms with E-state index in [1.807, 2.05) is 0 Å². The van der Waals surface area contributed by atoms with Crippen molar-refractivity contribution < 1.29 is 23.0 Å². The Balaban J connectivity index is 2.18. The Morgan fingerprint density at radius 3 is 2.67 bits per heavy atom. The number of nitrogens with one attached hydrogen (secondary N) is 1. The number of hydrogen-bond acceptors (Lipinski definition) is 3. The number of rotatable bonds is 2. The first-order chi connectivity index (χ1) is 10.0. The van der Waals surface area contributed by atoms with Crippen molar-refractivity contribution in [3.8, 4) is 5.75 Å². The molecule has 1 fully saturated rings. The van der Waals surface area contributed by atoms with Crippen LogP contribution in [0.15, 0.2) is 36.4 Å². The van der Waals surface area contributed by atoms with Crippen LogP contribution in [0, 0.1) is 0 Å². The van der Waals surface area contributed by atoms with Gasteiger partial charge in [0.15, 0.2) is 6.61 Å². The first-order valence-electron chi connectivity index (χ1n) is 6.39. The topological polar surface area (TPSA) is 47.6 Å². The van der Waals surface area contributed by atoms with Gasteiger partial charge in [0.25, 0.3) is 0 Å². The average molecular weight is 293 g/mol. The van der Waals surface area contributed by atoms with Crippen molar-refractivity contribution in [2.24, 2.45) is 0 Å². The minimum atomic E-state index is -3.18. The molecule has 1 saturated heterocycles. The summed E-state index contributed by atoms with van der Waals surface area (Å²) in [5, 5.41) is 3.53. The van der Waals surface area contributed by atoms with Crippen LogP contribution in [-0.4, -0.2) is 25.7 Å². The second-order valence-corrected chi connectivity index (χ2v) is 4.82. The van der Waals surface area contributed by atoms with E-state index in [2.05, 4.69) is 10.1 Å². The molecule has 0 bridgehead atoms. The summed E-state index contributed by atoms with van der Waals surface area (Å²) < 4.78 is 37.8. The molecule has 6 heteroatoms. The van der Waals surface area contributed by atoms with Crippen molar-refractivity contribution in [2.45, 2.75) is 12.0 Å². The van der Waals surface area contributed by atoms with E-state index in [1.54, 1.807) is 36.4 Å². The van der Waals surface area contributed by atoms with Crippen LogP contribution in [0.25, 0.3) is 10.8 Å². The quantitative estimate of drug-likeness (QED) is 0.924. The van der Waals surface area contributed by atoms with E-state index < -0.39 is 24.7 Å². The number of carbonyl (C=O) groups is 1. The minimum absolute atomic E-state index is 0.341. The normalized spacial score (nSPS) is 20.7. The lowest BCUT2D eigenvalue weighted by atomic mass is 9.94. The van der Waals surface area contributed by atoms with Gasteiger partial charge in [-0.15, -0.1) is 0 Å². The zero-order valence-electron chi connectivity index (χ0n) is 11.2. The van der Waals surface area contributed by atoms with Crippen molar-refractivity contribution in [2.75, 3.05) is 13.7 Å². The van der Waals surface area contributed by atoms with Gasteiger partial charge in [0, 0.05) is 5.39 Å². The number of alkyl halides is 2. The van der Waals surface area contributed by atoms with Crippen LogP contribution in [0.1, 0.15) is 11.6 Å². The third kappa shape index (κ3) is 2.26. The highest BCUT2D eigenvalue weighted by atomic mass is 19.3. The summed E-state index contributed by atoms with van der Waals surface area (Å²) in [6.45, 7) is -0.927. The third-order valence-electron chi connectivity index (χ3n) is 3.53. The lowest BCUT2D eigenvalue weighted by molar-refractivity contribution is -0.103. The molecule has 0 spiro atoms. The van der Waals surface area contributed by atoms with Gasteiger partial charge in [0.2, 0.25) is 0 Å². The highest BCUT2D eigenvalue weighted by Crippen LogP contribution is 2.39. The fourth-order valence-electron chi connectivity index (χ4n) is 2.54. The Morgan fingerprint density at radius 1 is 1.24 bits per heavy atom. The summed E-state index contributed by atoms with van der Waals surface area (Å²) in [5.41, 5.74) is 0.341. The van der Waals surface area contributed by atoms with Crippen molar-refractivity contribution in [1.29, 1.82) is 0 Å². The average Bonchev–Trinajstić information content (AvgIpc) is 2.49. The molecule has 1 amide bonds. The molecular weight excluding hydrogens is 280 g/mol. The lowest BCUT2D eigenvalue weighted by Gasteiger charge is -2.32. The molecule has 0 unspecified atom stereocenters. The van der Waals surface area contributed by atoms with E-state index in [9.17, 15) is 13.6 Å². The summed E-state index contributed by atoms with van der Waals surface area (Å²) in [6, 6.07) is 8.82.